The first kappa shape index (κ1) is 31.7. The van der Waals surface area contributed by atoms with Crippen molar-refractivity contribution in [3.63, 3.8) is 0 Å². The van der Waals surface area contributed by atoms with Gasteiger partial charge in [0.2, 0.25) is 5.91 Å². The summed E-state index contributed by atoms with van der Waals surface area (Å²) in [7, 11) is 1.57. The predicted molar refractivity (Wildman–Crippen MR) is 175 cm³/mol. The summed E-state index contributed by atoms with van der Waals surface area (Å²) >= 11 is 13.5. The Bertz CT molecular complexity index is 1610. The van der Waals surface area contributed by atoms with E-state index in [0.29, 0.717) is 44.7 Å². The van der Waals surface area contributed by atoms with Crippen molar-refractivity contribution < 1.29 is 19.1 Å². The first-order valence-corrected chi connectivity index (χ1v) is 14.9. The number of rotatable bonds is 11. The van der Waals surface area contributed by atoms with Crippen LogP contribution in [0.15, 0.2) is 108 Å². The molecule has 7 nitrogen and oxygen atoms in total. The second-order valence-corrected chi connectivity index (χ2v) is 11.4. The molecule has 0 aromatic heterocycles. The minimum absolute atomic E-state index is 0.0584. The monoisotopic (exact) mass is 633 g/mol. The average Bonchev–Trinajstić information content (AvgIpc) is 3.00. The molecule has 0 radical (unpaired) electrons. The maximum absolute atomic E-state index is 13.5. The Morgan fingerprint density at radius 1 is 0.837 bits per heavy atom. The molecule has 0 aliphatic heterocycles. The molecule has 1 atom stereocenters. The highest BCUT2D eigenvalue weighted by Crippen LogP contribution is 2.30. The van der Waals surface area contributed by atoms with Crippen LogP contribution in [-0.4, -0.2) is 30.1 Å². The molecule has 0 fully saturated rings. The van der Waals surface area contributed by atoms with Crippen LogP contribution < -0.4 is 20.7 Å². The van der Waals surface area contributed by atoms with E-state index in [1.54, 1.807) is 98.1 Å². The maximum atomic E-state index is 13.5. The Kier molecular flexibility index (Phi) is 11.3. The second-order valence-electron chi connectivity index (χ2n) is 9.30. The fourth-order valence-corrected chi connectivity index (χ4v) is 5.53. The normalized spacial score (nSPS) is 11.8. The number of carbonyl (C=O) groups is 3. The number of amides is 3. The van der Waals surface area contributed by atoms with Crippen molar-refractivity contribution in [1.29, 1.82) is 0 Å². The summed E-state index contributed by atoms with van der Waals surface area (Å²) in [5.74, 6) is -0.461. The van der Waals surface area contributed by atoms with Crippen molar-refractivity contribution in [2.45, 2.75) is 23.5 Å². The third kappa shape index (κ3) is 9.38. The molecule has 1 unspecified atom stereocenters. The molecular weight excluding hydrogens is 605 g/mol. The minimum atomic E-state index is -0.509. The van der Waals surface area contributed by atoms with Crippen molar-refractivity contribution in [1.82, 2.24) is 5.32 Å². The van der Waals surface area contributed by atoms with E-state index in [1.807, 2.05) is 19.1 Å². The highest BCUT2D eigenvalue weighted by atomic mass is 35.5. The fraction of sp³-hybridized carbons (Fsp3) is 0.121. The summed E-state index contributed by atoms with van der Waals surface area (Å²) < 4.78 is 5.22. The Balaban J connectivity index is 1.50. The number of ether oxygens (including phenoxy) is 1. The third-order valence-electron chi connectivity index (χ3n) is 6.12. The molecule has 0 aliphatic rings. The van der Waals surface area contributed by atoms with Gasteiger partial charge in [-0.1, -0.05) is 66.5 Å². The number of carbonyl (C=O) groups excluding carboxylic acids is 3. The molecule has 0 aliphatic carbocycles. The SMILES string of the molecule is CCC(Sc1cccc(NC(=O)/C(=C\c2ccc(OC)cc2)NC(=O)c2ccccc2)c1)C(=O)Nc1cc(Cl)cc(Cl)c1. The third-order valence-corrected chi connectivity index (χ3v) is 7.91. The van der Waals surface area contributed by atoms with E-state index in [2.05, 4.69) is 16.0 Å². The van der Waals surface area contributed by atoms with E-state index in [4.69, 9.17) is 27.9 Å². The van der Waals surface area contributed by atoms with Gasteiger partial charge < -0.3 is 20.7 Å². The van der Waals surface area contributed by atoms with Gasteiger partial charge in [0.15, 0.2) is 0 Å². The van der Waals surface area contributed by atoms with Gasteiger partial charge in [0.1, 0.15) is 11.4 Å². The molecule has 0 saturated carbocycles. The summed E-state index contributed by atoms with van der Waals surface area (Å²) in [6.07, 6.45) is 2.15. The van der Waals surface area contributed by atoms with Crippen LogP contribution in [0, 0.1) is 0 Å². The summed E-state index contributed by atoms with van der Waals surface area (Å²) in [5.41, 5.74) is 2.18. The molecular formula is C33H29Cl2N3O4S. The topological polar surface area (TPSA) is 96.5 Å². The Morgan fingerprint density at radius 3 is 2.19 bits per heavy atom. The zero-order valence-corrected chi connectivity index (χ0v) is 25.7. The van der Waals surface area contributed by atoms with Crippen LogP contribution in [0.2, 0.25) is 10.0 Å². The molecule has 4 rings (SSSR count). The molecule has 10 heteroatoms. The van der Waals surface area contributed by atoms with Crippen LogP contribution in [-0.2, 0) is 9.59 Å². The minimum Gasteiger partial charge on any atom is -0.497 e. The molecule has 0 spiro atoms. The van der Waals surface area contributed by atoms with Crippen LogP contribution in [0.5, 0.6) is 5.75 Å². The molecule has 220 valence electrons. The average molecular weight is 635 g/mol. The zero-order chi connectivity index (χ0) is 30.8. The quantitative estimate of drug-likeness (QED) is 0.115. The van der Waals surface area contributed by atoms with Gasteiger partial charge in [-0.15, -0.1) is 11.8 Å². The van der Waals surface area contributed by atoms with Gasteiger partial charge in [-0.2, -0.15) is 0 Å². The lowest BCUT2D eigenvalue weighted by Crippen LogP contribution is -2.30. The second kappa shape index (κ2) is 15.3. The Labute approximate surface area is 264 Å². The number of benzene rings is 4. The lowest BCUT2D eigenvalue weighted by molar-refractivity contribution is -0.116. The molecule has 43 heavy (non-hydrogen) atoms. The van der Waals surface area contributed by atoms with Crippen LogP contribution in [0.4, 0.5) is 11.4 Å². The van der Waals surface area contributed by atoms with E-state index < -0.39 is 17.1 Å². The Morgan fingerprint density at radius 2 is 1.53 bits per heavy atom. The van der Waals surface area contributed by atoms with Gasteiger partial charge in [-0.3, -0.25) is 14.4 Å². The summed E-state index contributed by atoms with van der Waals surface area (Å²) in [6, 6.07) is 27.8. The number of anilines is 2. The van der Waals surface area contributed by atoms with Crippen molar-refractivity contribution >= 4 is 70.1 Å². The van der Waals surface area contributed by atoms with Crippen molar-refractivity contribution in [2.75, 3.05) is 17.7 Å². The van der Waals surface area contributed by atoms with Gasteiger partial charge in [0.25, 0.3) is 11.8 Å². The highest BCUT2D eigenvalue weighted by molar-refractivity contribution is 8.00. The van der Waals surface area contributed by atoms with Crippen LogP contribution in [0.25, 0.3) is 6.08 Å². The van der Waals surface area contributed by atoms with Crippen LogP contribution >= 0.6 is 35.0 Å². The standard InChI is InChI=1S/C33H29Cl2N3O4S/c1-3-30(33(41)37-26-18-23(34)17-24(35)19-26)43-28-11-7-10-25(20-28)36-32(40)29(16-21-12-14-27(42-2)15-13-21)38-31(39)22-8-5-4-6-9-22/h4-20,30H,3H2,1-2H3,(H,36,40)(H,37,41)(H,38,39)/b29-16+. The van der Waals surface area contributed by atoms with E-state index in [-0.39, 0.29) is 11.6 Å². The highest BCUT2D eigenvalue weighted by Gasteiger charge is 2.20. The first-order valence-electron chi connectivity index (χ1n) is 13.3. The number of methoxy groups -OCH3 is 1. The number of hydrogen-bond acceptors (Lipinski definition) is 5. The lowest BCUT2D eigenvalue weighted by atomic mass is 10.1. The Hall–Kier alpha value is -4.24. The van der Waals surface area contributed by atoms with Gasteiger partial charge in [-0.05, 0) is 78.7 Å². The molecule has 4 aromatic carbocycles. The molecule has 0 bridgehead atoms. The van der Waals surface area contributed by atoms with Gasteiger partial charge in [0, 0.05) is 31.9 Å². The fourth-order valence-electron chi connectivity index (χ4n) is 3.99. The van der Waals surface area contributed by atoms with E-state index >= 15 is 0 Å². The number of thioether (sulfide) groups is 1. The van der Waals surface area contributed by atoms with Gasteiger partial charge in [-0.25, -0.2) is 0 Å². The van der Waals surface area contributed by atoms with Gasteiger partial charge in [0.05, 0.1) is 12.4 Å². The molecule has 4 aromatic rings. The molecule has 0 heterocycles. The summed E-state index contributed by atoms with van der Waals surface area (Å²) in [4.78, 5) is 40.2. The molecule has 3 N–H and O–H groups in total. The van der Waals surface area contributed by atoms with Crippen molar-refractivity contribution in [2.24, 2.45) is 0 Å². The maximum Gasteiger partial charge on any atom is 0.272 e. The van der Waals surface area contributed by atoms with Crippen LogP contribution in [0.3, 0.4) is 0 Å². The molecule has 3 amide bonds. The summed E-state index contributed by atoms with van der Waals surface area (Å²) in [5, 5.41) is 8.89. The van der Waals surface area contributed by atoms with Crippen molar-refractivity contribution in [3.8, 4) is 5.75 Å². The summed E-state index contributed by atoms with van der Waals surface area (Å²) in [6.45, 7) is 1.92. The van der Waals surface area contributed by atoms with E-state index in [0.717, 1.165) is 4.90 Å². The molecule has 0 saturated heterocycles. The lowest BCUT2D eigenvalue weighted by Gasteiger charge is -2.16. The number of halogens is 2. The van der Waals surface area contributed by atoms with Crippen molar-refractivity contribution in [3.05, 3.63) is 124 Å². The van der Waals surface area contributed by atoms with E-state index in [1.165, 1.54) is 11.8 Å². The smallest absolute Gasteiger partial charge is 0.272 e. The number of nitrogens with one attached hydrogen (secondary N) is 3. The number of hydrogen-bond donors (Lipinski definition) is 3. The largest absolute Gasteiger partial charge is 0.497 e. The van der Waals surface area contributed by atoms with Gasteiger partial charge >= 0.3 is 0 Å². The first-order chi connectivity index (χ1) is 20.7. The van der Waals surface area contributed by atoms with E-state index in [9.17, 15) is 14.4 Å². The van der Waals surface area contributed by atoms with Crippen LogP contribution in [0.1, 0.15) is 29.3 Å². The zero-order valence-electron chi connectivity index (χ0n) is 23.4. The predicted octanol–water partition coefficient (Wildman–Crippen LogP) is 7.92.